The van der Waals surface area contributed by atoms with Crippen LogP contribution in [0.2, 0.25) is 10.0 Å². The minimum absolute atomic E-state index is 0.102. The minimum Gasteiger partial charge on any atom is -0.465 e. The monoisotopic (exact) mass is 449 g/mol. The number of carbonyl (C=O) groups is 2. The van der Waals surface area contributed by atoms with Gasteiger partial charge in [0.2, 0.25) is 5.91 Å². The first-order chi connectivity index (χ1) is 13.9. The van der Waals surface area contributed by atoms with Gasteiger partial charge in [-0.25, -0.2) is 9.18 Å². The van der Waals surface area contributed by atoms with Crippen molar-refractivity contribution in [1.82, 2.24) is 0 Å². The van der Waals surface area contributed by atoms with Crippen molar-refractivity contribution in [3.8, 4) is 11.1 Å². The van der Waals surface area contributed by atoms with E-state index < -0.39 is 17.7 Å². The number of hydrogen-bond acceptors (Lipinski definition) is 4. The first-order valence-corrected chi connectivity index (χ1v) is 9.93. The van der Waals surface area contributed by atoms with Gasteiger partial charge < -0.3 is 10.1 Å². The highest BCUT2D eigenvalue weighted by atomic mass is 35.5. The molecule has 0 spiro atoms. The molecule has 0 radical (unpaired) electrons. The molecule has 2 aromatic carbocycles. The molecule has 0 atom stereocenters. The molecular weight excluding hydrogens is 436 g/mol. The molecule has 1 heterocycles. The summed E-state index contributed by atoms with van der Waals surface area (Å²) in [6, 6.07) is 11.2. The van der Waals surface area contributed by atoms with Crippen molar-refractivity contribution in [2.75, 3.05) is 12.4 Å². The second-order valence-corrected chi connectivity index (χ2v) is 7.53. The van der Waals surface area contributed by atoms with Gasteiger partial charge >= 0.3 is 5.97 Å². The lowest BCUT2D eigenvalue weighted by molar-refractivity contribution is -0.111. The first kappa shape index (κ1) is 21.0. The maximum Gasteiger partial charge on any atom is 0.341 e. The van der Waals surface area contributed by atoms with Crippen molar-refractivity contribution < 1.29 is 18.7 Å². The topological polar surface area (TPSA) is 55.4 Å². The normalized spacial score (nSPS) is 10.9. The Balaban J connectivity index is 1.89. The number of thiophene rings is 1. The SMILES string of the molecule is COC(=O)c1c(-c2ccc(Cl)cc2)csc1NC(=O)C=Cc1c(F)cccc1Cl. The molecule has 0 fully saturated rings. The number of esters is 1. The standard InChI is InChI=1S/C21H14Cl2FNO3S/c1-28-21(27)19-15(12-5-7-13(22)8-6-12)11-29-20(19)25-18(26)10-9-14-16(23)3-2-4-17(14)24/h2-11H,1H3,(H,25,26). The van der Waals surface area contributed by atoms with E-state index in [0.717, 1.165) is 11.6 Å². The molecule has 0 saturated heterocycles. The molecule has 4 nitrogen and oxygen atoms in total. The lowest BCUT2D eigenvalue weighted by Gasteiger charge is -2.07. The lowest BCUT2D eigenvalue weighted by Crippen LogP contribution is -2.11. The summed E-state index contributed by atoms with van der Waals surface area (Å²) in [6.45, 7) is 0. The maximum atomic E-state index is 13.8. The lowest BCUT2D eigenvalue weighted by atomic mass is 10.0. The molecule has 0 bridgehead atoms. The minimum atomic E-state index is -0.590. The fourth-order valence-electron chi connectivity index (χ4n) is 2.58. The largest absolute Gasteiger partial charge is 0.465 e. The van der Waals surface area contributed by atoms with Crippen molar-refractivity contribution in [1.29, 1.82) is 0 Å². The molecule has 1 N–H and O–H groups in total. The Labute approximate surface area is 180 Å². The molecule has 0 aliphatic rings. The molecule has 148 valence electrons. The summed E-state index contributed by atoms with van der Waals surface area (Å²) in [5, 5.41) is 5.44. The van der Waals surface area contributed by atoms with E-state index in [1.807, 2.05) is 0 Å². The maximum absolute atomic E-state index is 13.8. The first-order valence-electron chi connectivity index (χ1n) is 8.29. The number of hydrogen-bond donors (Lipinski definition) is 1. The molecule has 1 aromatic heterocycles. The van der Waals surface area contributed by atoms with Crippen molar-refractivity contribution in [2.45, 2.75) is 0 Å². The Morgan fingerprint density at radius 2 is 1.86 bits per heavy atom. The smallest absolute Gasteiger partial charge is 0.341 e. The van der Waals surface area contributed by atoms with E-state index in [0.29, 0.717) is 15.6 Å². The number of halogens is 3. The average Bonchev–Trinajstić information content (AvgIpc) is 3.11. The summed E-state index contributed by atoms with van der Waals surface area (Å²) < 4.78 is 18.7. The van der Waals surface area contributed by atoms with Gasteiger partial charge in [0.15, 0.2) is 0 Å². The number of amides is 1. The fourth-order valence-corrected chi connectivity index (χ4v) is 3.89. The van der Waals surface area contributed by atoms with E-state index in [1.165, 1.54) is 42.7 Å². The van der Waals surface area contributed by atoms with Crippen molar-refractivity contribution in [3.05, 3.63) is 80.9 Å². The third-order valence-electron chi connectivity index (χ3n) is 3.97. The Morgan fingerprint density at radius 3 is 2.52 bits per heavy atom. The number of nitrogens with one attached hydrogen (secondary N) is 1. The van der Waals surface area contributed by atoms with Crippen LogP contribution in [0.3, 0.4) is 0 Å². The molecule has 3 aromatic rings. The van der Waals surface area contributed by atoms with Crippen LogP contribution in [0.1, 0.15) is 15.9 Å². The Hall–Kier alpha value is -2.67. The summed E-state index contributed by atoms with van der Waals surface area (Å²) in [5.41, 5.74) is 1.69. The van der Waals surface area contributed by atoms with E-state index in [-0.39, 0.29) is 16.1 Å². The van der Waals surface area contributed by atoms with Crippen molar-refractivity contribution in [3.63, 3.8) is 0 Å². The molecule has 8 heteroatoms. The highest BCUT2D eigenvalue weighted by Crippen LogP contribution is 2.36. The van der Waals surface area contributed by atoms with Crippen LogP contribution in [-0.2, 0) is 9.53 Å². The van der Waals surface area contributed by atoms with Gasteiger partial charge in [-0.05, 0) is 35.9 Å². The zero-order valence-electron chi connectivity index (χ0n) is 15.0. The summed E-state index contributed by atoms with van der Waals surface area (Å²) in [4.78, 5) is 24.7. The van der Waals surface area contributed by atoms with Crippen molar-refractivity contribution >= 4 is 57.5 Å². The van der Waals surface area contributed by atoms with Crippen LogP contribution in [0.4, 0.5) is 9.39 Å². The highest BCUT2D eigenvalue weighted by molar-refractivity contribution is 7.15. The van der Waals surface area contributed by atoms with Crippen LogP contribution in [-0.4, -0.2) is 19.0 Å². The zero-order chi connectivity index (χ0) is 21.0. The van der Waals surface area contributed by atoms with E-state index in [2.05, 4.69) is 5.32 Å². The van der Waals surface area contributed by atoms with Gasteiger partial charge in [-0.15, -0.1) is 11.3 Å². The quantitative estimate of drug-likeness (QED) is 0.367. The molecule has 0 aliphatic heterocycles. The average molecular weight is 450 g/mol. The predicted octanol–water partition coefficient (Wildman–Crippen LogP) is 6.30. The number of methoxy groups -OCH3 is 1. The molecule has 1 amide bonds. The molecule has 0 unspecified atom stereocenters. The van der Waals surface area contributed by atoms with Gasteiger partial charge in [0.1, 0.15) is 16.4 Å². The second kappa shape index (κ2) is 9.22. The summed E-state index contributed by atoms with van der Waals surface area (Å²) in [7, 11) is 1.26. The zero-order valence-corrected chi connectivity index (χ0v) is 17.4. The van der Waals surface area contributed by atoms with Crippen molar-refractivity contribution in [2.24, 2.45) is 0 Å². The number of benzene rings is 2. The fraction of sp³-hybridized carbons (Fsp3) is 0.0476. The van der Waals surface area contributed by atoms with Crippen LogP contribution < -0.4 is 5.32 Å². The van der Waals surface area contributed by atoms with Gasteiger partial charge in [0.25, 0.3) is 0 Å². The van der Waals surface area contributed by atoms with Crippen LogP contribution in [0.25, 0.3) is 17.2 Å². The molecule has 3 rings (SSSR count). The molecule has 0 aliphatic carbocycles. The van der Waals surface area contributed by atoms with E-state index in [1.54, 1.807) is 29.6 Å². The Kier molecular flexibility index (Phi) is 6.69. The molecule has 0 saturated carbocycles. The van der Waals surface area contributed by atoms with Gasteiger partial charge in [-0.2, -0.15) is 0 Å². The number of ether oxygens (including phenoxy) is 1. The van der Waals surface area contributed by atoms with Gasteiger partial charge in [0.05, 0.1) is 12.1 Å². The third-order valence-corrected chi connectivity index (χ3v) is 5.45. The van der Waals surface area contributed by atoms with Crippen LogP contribution in [0.5, 0.6) is 0 Å². The molecular formula is C21H14Cl2FNO3S. The number of rotatable bonds is 5. The third kappa shape index (κ3) is 4.85. The number of anilines is 1. The van der Waals surface area contributed by atoms with Gasteiger partial charge in [-0.3, -0.25) is 4.79 Å². The van der Waals surface area contributed by atoms with Gasteiger partial charge in [-0.1, -0.05) is 41.4 Å². The summed E-state index contributed by atoms with van der Waals surface area (Å²) in [6.07, 6.45) is 2.42. The van der Waals surface area contributed by atoms with Crippen LogP contribution >= 0.6 is 34.5 Å². The predicted molar refractivity (Wildman–Crippen MR) is 115 cm³/mol. The van der Waals surface area contributed by atoms with Gasteiger partial charge in [0, 0.05) is 27.6 Å². The summed E-state index contributed by atoms with van der Waals surface area (Å²) >= 11 is 13.0. The van der Waals surface area contributed by atoms with Crippen LogP contribution in [0.15, 0.2) is 53.9 Å². The Morgan fingerprint density at radius 1 is 1.14 bits per heavy atom. The van der Waals surface area contributed by atoms with E-state index in [9.17, 15) is 14.0 Å². The van der Waals surface area contributed by atoms with Crippen LogP contribution in [0, 0.1) is 5.82 Å². The second-order valence-electron chi connectivity index (χ2n) is 5.81. The Bertz CT molecular complexity index is 1070. The molecule has 29 heavy (non-hydrogen) atoms. The summed E-state index contributed by atoms with van der Waals surface area (Å²) in [5.74, 6) is -1.68. The highest BCUT2D eigenvalue weighted by Gasteiger charge is 2.22. The van der Waals surface area contributed by atoms with E-state index in [4.69, 9.17) is 27.9 Å². The number of carbonyl (C=O) groups excluding carboxylic acids is 2. The van der Waals surface area contributed by atoms with E-state index >= 15 is 0 Å².